The molecule has 1 atom stereocenters. The van der Waals surface area contributed by atoms with Gasteiger partial charge in [-0.15, -0.1) is 0 Å². The van der Waals surface area contributed by atoms with Crippen molar-refractivity contribution in [3.05, 3.63) is 29.3 Å². The minimum absolute atomic E-state index is 0.0757. The van der Waals surface area contributed by atoms with Crippen LogP contribution in [0.1, 0.15) is 13.3 Å². The third kappa shape index (κ3) is 3.81. The normalized spacial score (nSPS) is 13.8. The van der Waals surface area contributed by atoms with Crippen LogP contribution in [0.5, 0.6) is 0 Å². The summed E-state index contributed by atoms with van der Waals surface area (Å²) >= 11 is 5.67. The summed E-state index contributed by atoms with van der Waals surface area (Å²) in [5.74, 6) is 0.0757. The smallest absolute Gasteiger partial charge is 0.178 e. The molecule has 1 aromatic carbocycles. The molecule has 0 aromatic heterocycles. The summed E-state index contributed by atoms with van der Waals surface area (Å²) in [6.45, 7) is 1.79. The zero-order chi connectivity index (χ0) is 11.5. The lowest BCUT2D eigenvalue weighted by atomic mass is 10.3. The molecule has 0 saturated carbocycles. The summed E-state index contributed by atoms with van der Waals surface area (Å²) in [4.78, 5) is 0.299. The lowest BCUT2D eigenvalue weighted by Gasteiger charge is -2.06. The van der Waals surface area contributed by atoms with Crippen molar-refractivity contribution in [3.8, 4) is 0 Å². The molecule has 5 heteroatoms. The molecule has 3 nitrogen and oxygen atoms in total. The Morgan fingerprint density at radius 1 is 1.33 bits per heavy atom. The van der Waals surface area contributed by atoms with Gasteiger partial charge in [0.15, 0.2) is 9.84 Å². The van der Waals surface area contributed by atoms with Gasteiger partial charge in [0.1, 0.15) is 0 Å². The van der Waals surface area contributed by atoms with E-state index in [1.165, 1.54) is 12.1 Å². The van der Waals surface area contributed by atoms with Crippen molar-refractivity contribution in [3.63, 3.8) is 0 Å². The number of halogens is 1. The summed E-state index contributed by atoms with van der Waals surface area (Å²) in [6.07, 6.45) is 0.463. The predicted molar refractivity (Wildman–Crippen MR) is 61.8 cm³/mol. The highest BCUT2D eigenvalue weighted by molar-refractivity contribution is 7.91. The number of nitrogens with two attached hydrogens (primary N) is 1. The van der Waals surface area contributed by atoms with Crippen LogP contribution in [0.3, 0.4) is 0 Å². The zero-order valence-corrected chi connectivity index (χ0v) is 10.1. The van der Waals surface area contributed by atoms with E-state index in [2.05, 4.69) is 0 Å². The van der Waals surface area contributed by atoms with Gasteiger partial charge in [0, 0.05) is 11.1 Å². The molecule has 0 heterocycles. The van der Waals surface area contributed by atoms with Gasteiger partial charge in [-0.1, -0.05) is 11.6 Å². The maximum absolute atomic E-state index is 11.7. The lowest BCUT2D eigenvalue weighted by molar-refractivity contribution is 0.587. The van der Waals surface area contributed by atoms with E-state index in [1.54, 1.807) is 19.1 Å². The molecule has 84 valence electrons. The molecule has 0 amide bonds. The monoisotopic (exact) mass is 247 g/mol. The third-order valence-electron chi connectivity index (χ3n) is 2.01. The molecule has 0 spiro atoms. The van der Waals surface area contributed by atoms with Crippen molar-refractivity contribution in [2.75, 3.05) is 5.75 Å². The van der Waals surface area contributed by atoms with Gasteiger partial charge in [0.2, 0.25) is 0 Å². The van der Waals surface area contributed by atoms with E-state index >= 15 is 0 Å². The minimum atomic E-state index is -3.21. The molecule has 2 N–H and O–H groups in total. The van der Waals surface area contributed by atoms with Gasteiger partial charge >= 0.3 is 0 Å². The van der Waals surface area contributed by atoms with E-state index in [9.17, 15) is 8.42 Å². The Labute approximate surface area is 95.2 Å². The van der Waals surface area contributed by atoms with Crippen LogP contribution >= 0.6 is 11.6 Å². The molecule has 1 unspecified atom stereocenters. The van der Waals surface area contributed by atoms with E-state index in [0.717, 1.165) is 0 Å². The molecule has 15 heavy (non-hydrogen) atoms. The molecule has 0 fully saturated rings. The summed E-state index contributed by atoms with van der Waals surface area (Å²) in [6, 6.07) is 6.06. The van der Waals surface area contributed by atoms with Crippen molar-refractivity contribution in [1.82, 2.24) is 0 Å². The van der Waals surface area contributed by atoms with Gasteiger partial charge in [-0.2, -0.15) is 0 Å². The number of rotatable bonds is 4. The van der Waals surface area contributed by atoms with E-state index in [-0.39, 0.29) is 11.8 Å². The average molecular weight is 248 g/mol. The highest BCUT2D eigenvalue weighted by atomic mass is 35.5. The first-order valence-corrected chi connectivity index (χ1v) is 6.69. The molecule has 1 aromatic rings. The van der Waals surface area contributed by atoms with E-state index < -0.39 is 9.84 Å². The molecular formula is C10H14ClNO2S. The Balaban J connectivity index is 2.82. The Kier molecular flexibility index (Phi) is 4.13. The van der Waals surface area contributed by atoms with Gasteiger partial charge in [0.25, 0.3) is 0 Å². The summed E-state index contributed by atoms with van der Waals surface area (Å²) in [5, 5.41) is 0.529. The minimum Gasteiger partial charge on any atom is -0.328 e. The van der Waals surface area contributed by atoms with Crippen molar-refractivity contribution >= 4 is 21.4 Å². The van der Waals surface area contributed by atoms with Crippen molar-refractivity contribution in [1.29, 1.82) is 0 Å². The molecule has 0 aliphatic carbocycles. The maximum Gasteiger partial charge on any atom is 0.178 e. The Bertz CT molecular complexity index is 412. The van der Waals surface area contributed by atoms with Crippen LogP contribution < -0.4 is 5.73 Å². The SMILES string of the molecule is CC(N)CCS(=O)(=O)c1ccc(Cl)cc1. The van der Waals surface area contributed by atoms with Crippen molar-refractivity contribution in [2.45, 2.75) is 24.3 Å². The van der Waals surface area contributed by atoms with Crippen LogP contribution in [0.2, 0.25) is 5.02 Å². The fourth-order valence-electron chi connectivity index (χ4n) is 1.10. The van der Waals surface area contributed by atoms with Crippen LogP contribution in [0.15, 0.2) is 29.2 Å². The standard InChI is InChI=1S/C10H14ClNO2S/c1-8(12)6-7-15(13,14)10-4-2-9(11)3-5-10/h2-5,8H,6-7,12H2,1H3. The second-order valence-corrected chi connectivity index (χ2v) is 6.08. The second-order valence-electron chi connectivity index (χ2n) is 3.54. The van der Waals surface area contributed by atoms with Crippen molar-refractivity contribution < 1.29 is 8.42 Å². The predicted octanol–water partition coefficient (Wildman–Crippen LogP) is 1.85. The summed E-state index contributed by atoms with van der Waals surface area (Å²) in [5.41, 5.74) is 5.52. The molecule has 0 bridgehead atoms. The molecule has 0 radical (unpaired) electrons. The fraction of sp³-hybridized carbons (Fsp3) is 0.400. The lowest BCUT2D eigenvalue weighted by Crippen LogP contribution is -2.20. The van der Waals surface area contributed by atoms with Gasteiger partial charge < -0.3 is 5.73 Å². The van der Waals surface area contributed by atoms with Gasteiger partial charge in [0.05, 0.1) is 10.6 Å². The number of sulfone groups is 1. The van der Waals surface area contributed by atoms with Crippen LogP contribution in [-0.2, 0) is 9.84 Å². The van der Waals surface area contributed by atoms with Crippen LogP contribution in [0, 0.1) is 0 Å². The second kappa shape index (κ2) is 4.96. The summed E-state index contributed by atoms with van der Waals surface area (Å²) in [7, 11) is -3.21. The number of benzene rings is 1. The topological polar surface area (TPSA) is 60.2 Å². The molecule has 0 saturated heterocycles. The van der Waals surface area contributed by atoms with E-state index in [4.69, 9.17) is 17.3 Å². The number of hydrogen-bond donors (Lipinski definition) is 1. The first-order valence-electron chi connectivity index (χ1n) is 4.66. The fourth-order valence-corrected chi connectivity index (χ4v) is 2.70. The summed E-state index contributed by atoms with van der Waals surface area (Å²) < 4.78 is 23.5. The van der Waals surface area contributed by atoms with Gasteiger partial charge in [-0.3, -0.25) is 0 Å². The molecule has 1 rings (SSSR count). The van der Waals surface area contributed by atoms with Crippen molar-refractivity contribution in [2.24, 2.45) is 5.73 Å². The Morgan fingerprint density at radius 3 is 2.33 bits per heavy atom. The van der Waals surface area contributed by atoms with Gasteiger partial charge in [-0.25, -0.2) is 8.42 Å². The maximum atomic E-state index is 11.7. The highest BCUT2D eigenvalue weighted by Gasteiger charge is 2.14. The molecule has 0 aliphatic heterocycles. The largest absolute Gasteiger partial charge is 0.328 e. The van der Waals surface area contributed by atoms with E-state index in [0.29, 0.717) is 16.3 Å². The Morgan fingerprint density at radius 2 is 1.87 bits per heavy atom. The highest BCUT2D eigenvalue weighted by Crippen LogP contribution is 2.16. The van der Waals surface area contributed by atoms with Gasteiger partial charge in [-0.05, 0) is 37.6 Å². The van der Waals surface area contributed by atoms with Crippen LogP contribution in [0.4, 0.5) is 0 Å². The third-order valence-corrected chi connectivity index (χ3v) is 4.03. The average Bonchev–Trinajstić information content (AvgIpc) is 2.16. The zero-order valence-electron chi connectivity index (χ0n) is 8.48. The molecular weight excluding hydrogens is 234 g/mol. The van der Waals surface area contributed by atoms with E-state index in [1.807, 2.05) is 0 Å². The number of hydrogen-bond acceptors (Lipinski definition) is 3. The Hall–Kier alpha value is -0.580. The first kappa shape index (κ1) is 12.5. The quantitative estimate of drug-likeness (QED) is 0.883. The van der Waals surface area contributed by atoms with Crippen LogP contribution in [-0.4, -0.2) is 20.2 Å². The first-order chi connectivity index (χ1) is 6.92. The molecule has 0 aliphatic rings. The van der Waals surface area contributed by atoms with Crippen LogP contribution in [0.25, 0.3) is 0 Å².